The van der Waals surface area contributed by atoms with Gasteiger partial charge in [0.2, 0.25) is 0 Å². The summed E-state index contributed by atoms with van der Waals surface area (Å²) in [6, 6.07) is 7.87. The van der Waals surface area contributed by atoms with E-state index in [1.165, 1.54) is 0 Å². The molecule has 0 bridgehead atoms. The Bertz CT molecular complexity index is 302. The van der Waals surface area contributed by atoms with Gasteiger partial charge < -0.3 is 5.11 Å². The van der Waals surface area contributed by atoms with E-state index >= 15 is 0 Å². The van der Waals surface area contributed by atoms with E-state index in [0.717, 1.165) is 23.1 Å². The molecule has 1 nitrogen and oxygen atoms in total. The van der Waals surface area contributed by atoms with Gasteiger partial charge in [0.1, 0.15) is 0 Å². The predicted molar refractivity (Wildman–Crippen MR) is 56.4 cm³/mol. The number of aliphatic hydroxyl groups excluding tert-OH is 1. The second kappa shape index (κ2) is 4.24. The normalized spacial score (nSPS) is 12.5. The topological polar surface area (TPSA) is 20.2 Å². The highest BCUT2D eigenvalue weighted by Crippen LogP contribution is 2.24. The molecule has 0 saturated carbocycles. The van der Waals surface area contributed by atoms with Gasteiger partial charge in [-0.25, -0.2) is 0 Å². The molecule has 0 aliphatic carbocycles. The first-order valence-corrected chi connectivity index (χ1v) is 4.59. The molecule has 1 N–H and O–H groups in total. The Morgan fingerprint density at radius 2 is 2.08 bits per heavy atom. The van der Waals surface area contributed by atoms with Crippen LogP contribution in [-0.4, -0.2) is 5.11 Å². The molecule has 0 aliphatic heterocycles. The molecule has 70 valence electrons. The predicted octanol–water partition coefficient (Wildman–Crippen LogP) is 3.16. The largest absolute Gasteiger partial charge is 0.388 e. The molecule has 1 aromatic carbocycles. The van der Waals surface area contributed by atoms with Crippen molar-refractivity contribution < 1.29 is 5.11 Å². The van der Waals surface area contributed by atoms with Gasteiger partial charge in [0.25, 0.3) is 0 Å². The van der Waals surface area contributed by atoms with Gasteiger partial charge in [0.15, 0.2) is 0 Å². The molecule has 1 unspecified atom stereocenters. The van der Waals surface area contributed by atoms with Crippen molar-refractivity contribution in [3.05, 3.63) is 42.0 Å². The average Bonchev–Trinajstić information content (AvgIpc) is 2.16. The third kappa shape index (κ3) is 2.19. The van der Waals surface area contributed by atoms with E-state index in [1.807, 2.05) is 38.1 Å². The summed E-state index contributed by atoms with van der Waals surface area (Å²) < 4.78 is 0. The van der Waals surface area contributed by atoms with Gasteiger partial charge in [0.05, 0.1) is 6.10 Å². The number of allylic oxidation sites excluding steroid dienone is 1. The summed E-state index contributed by atoms with van der Waals surface area (Å²) >= 11 is 0. The van der Waals surface area contributed by atoms with Crippen molar-refractivity contribution >= 4 is 5.57 Å². The molecular formula is C12H16O. The quantitative estimate of drug-likeness (QED) is 0.750. The maximum absolute atomic E-state index is 9.72. The Kier molecular flexibility index (Phi) is 3.26. The second-order valence-electron chi connectivity index (χ2n) is 3.29. The Morgan fingerprint density at radius 3 is 2.62 bits per heavy atom. The fourth-order valence-electron chi connectivity index (χ4n) is 1.40. The van der Waals surface area contributed by atoms with E-state index in [2.05, 4.69) is 6.58 Å². The Morgan fingerprint density at radius 1 is 1.46 bits per heavy atom. The lowest BCUT2D eigenvalue weighted by molar-refractivity contribution is 0.173. The molecule has 13 heavy (non-hydrogen) atoms. The van der Waals surface area contributed by atoms with Crippen LogP contribution >= 0.6 is 0 Å². The summed E-state index contributed by atoms with van der Waals surface area (Å²) in [5.74, 6) is 0. The van der Waals surface area contributed by atoms with Crippen molar-refractivity contribution in [3.63, 3.8) is 0 Å². The molecule has 1 aromatic rings. The van der Waals surface area contributed by atoms with Crippen LogP contribution in [0, 0.1) is 0 Å². The van der Waals surface area contributed by atoms with Crippen LogP contribution in [0.25, 0.3) is 5.57 Å². The molecule has 1 atom stereocenters. The summed E-state index contributed by atoms with van der Waals surface area (Å²) in [5, 5.41) is 9.72. The summed E-state index contributed by atoms with van der Waals surface area (Å²) in [6.45, 7) is 7.82. The van der Waals surface area contributed by atoms with Crippen molar-refractivity contribution in [3.8, 4) is 0 Å². The van der Waals surface area contributed by atoms with Crippen LogP contribution < -0.4 is 0 Å². The minimum atomic E-state index is -0.368. The summed E-state index contributed by atoms with van der Waals surface area (Å²) in [7, 11) is 0. The average molecular weight is 176 g/mol. The highest BCUT2D eigenvalue weighted by atomic mass is 16.3. The fourth-order valence-corrected chi connectivity index (χ4v) is 1.40. The zero-order valence-electron chi connectivity index (χ0n) is 8.25. The van der Waals surface area contributed by atoms with Gasteiger partial charge in [-0.05, 0) is 24.5 Å². The molecule has 0 heterocycles. The monoisotopic (exact) mass is 176 g/mol. The zero-order valence-corrected chi connectivity index (χ0v) is 8.25. The first-order valence-electron chi connectivity index (χ1n) is 4.59. The van der Waals surface area contributed by atoms with Crippen molar-refractivity contribution in [2.24, 2.45) is 0 Å². The van der Waals surface area contributed by atoms with Crippen LogP contribution in [0.3, 0.4) is 0 Å². The van der Waals surface area contributed by atoms with E-state index in [-0.39, 0.29) is 6.10 Å². The first-order chi connectivity index (χ1) is 6.16. The van der Waals surface area contributed by atoms with Gasteiger partial charge in [-0.3, -0.25) is 0 Å². The Hall–Kier alpha value is -1.08. The molecule has 0 aromatic heterocycles. The molecule has 1 rings (SSSR count). The number of hydrogen-bond donors (Lipinski definition) is 1. The first kappa shape index (κ1) is 10.0. The summed E-state index contributed by atoms with van der Waals surface area (Å²) in [6.07, 6.45) is 0.373. The molecule has 0 aliphatic rings. The maximum Gasteiger partial charge on any atom is 0.0793 e. The minimum absolute atomic E-state index is 0.368. The minimum Gasteiger partial charge on any atom is -0.388 e. The smallest absolute Gasteiger partial charge is 0.0793 e. The Balaban J connectivity index is 3.11. The Labute approximate surface area is 79.7 Å². The number of benzene rings is 1. The van der Waals surface area contributed by atoms with Gasteiger partial charge in [-0.1, -0.05) is 43.3 Å². The molecule has 0 fully saturated rings. The lowest BCUT2D eigenvalue weighted by Gasteiger charge is -2.13. The number of rotatable bonds is 3. The van der Waals surface area contributed by atoms with Crippen LogP contribution in [-0.2, 0) is 0 Å². The highest BCUT2D eigenvalue weighted by Gasteiger charge is 2.09. The van der Waals surface area contributed by atoms with Crippen molar-refractivity contribution in [2.75, 3.05) is 0 Å². The van der Waals surface area contributed by atoms with E-state index in [0.29, 0.717) is 0 Å². The standard InChI is InChI=1S/C12H16O/c1-4-12(13)11-8-6-5-7-10(11)9(2)3/h5-8,12-13H,2,4H2,1,3H3. The SMILES string of the molecule is C=C(C)c1ccccc1C(O)CC. The lowest BCUT2D eigenvalue weighted by atomic mass is 9.97. The fraction of sp³-hybridized carbons (Fsp3) is 0.333. The zero-order chi connectivity index (χ0) is 9.84. The third-order valence-electron chi connectivity index (χ3n) is 2.17. The van der Waals surface area contributed by atoms with Crippen molar-refractivity contribution in [1.82, 2.24) is 0 Å². The molecule has 1 heteroatoms. The van der Waals surface area contributed by atoms with Crippen molar-refractivity contribution in [1.29, 1.82) is 0 Å². The van der Waals surface area contributed by atoms with Gasteiger partial charge in [-0.15, -0.1) is 0 Å². The van der Waals surface area contributed by atoms with Crippen LogP contribution in [0.1, 0.15) is 37.5 Å². The van der Waals surface area contributed by atoms with E-state index in [4.69, 9.17) is 0 Å². The third-order valence-corrected chi connectivity index (χ3v) is 2.17. The van der Waals surface area contributed by atoms with Crippen LogP contribution in [0.5, 0.6) is 0 Å². The lowest BCUT2D eigenvalue weighted by Crippen LogP contribution is -1.98. The molecule has 0 amide bonds. The van der Waals surface area contributed by atoms with E-state index < -0.39 is 0 Å². The van der Waals surface area contributed by atoms with Gasteiger partial charge >= 0.3 is 0 Å². The van der Waals surface area contributed by atoms with Crippen LogP contribution in [0.2, 0.25) is 0 Å². The number of hydrogen-bond acceptors (Lipinski definition) is 1. The van der Waals surface area contributed by atoms with Gasteiger partial charge in [-0.2, -0.15) is 0 Å². The van der Waals surface area contributed by atoms with Gasteiger partial charge in [0, 0.05) is 0 Å². The summed E-state index contributed by atoms with van der Waals surface area (Å²) in [4.78, 5) is 0. The molecular weight excluding hydrogens is 160 g/mol. The summed E-state index contributed by atoms with van der Waals surface area (Å²) in [5.41, 5.74) is 3.05. The van der Waals surface area contributed by atoms with Crippen molar-refractivity contribution in [2.45, 2.75) is 26.4 Å². The van der Waals surface area contributed by atoms with Crippen LogP contribution in [0.15, 0.2) is 30.8 Å². The molecule has 0 spiro atoms. The highest BCUT2D eigenvalue weighted by molar-refractivity contribution is 5.64. The maximum atomic E-state index is 9.72. The molecule has 0 radical (unpaired) electrons. The second-order valence-corrected chi connectivity index (χ2v) is 3.29. The molecule has 0 saturated heterocycles. The number of aliphatic hydroxyl groups is 1. The van der Waals surface area contributed by atoms with E-state index in [1.54, 1.807) is 0 Å². The van der Waals surface area contributed by atoms with Crippen LogP contribution in [0.4, 0.5) is 0 Å². The van der Waals surface area contributed by atoms with E-state index in [9.17, 15) is 5.11 Å².